The Morgan fingerprint density at radius 3 is 2.73 bits per heavy atom. The Hall–Kier alpha value is -3.70. The van der Waals surface area contributed by atoms with E-state index in [0.29, 0.717) is 12.1 Å². The van der Waals surface area contributed by atoms with Crippen molar-refractivity contribution in [2.24, 2.45) is 19.8 Å². The Kier molecular flexibility index (Phi) is 5.67. The van der Waals surface area contributed by atoms with Crippen LogP contribution in [0.15, 0.2) is 12.3 Å². The molecular weight excluding hydrogens is 342 g/mol. The second-order valence-corrected chi connectivity index (χ2v) is 5.36. The van der Waals surface area contributed by atoms with Gasteiger partial charge in [0, 0.05) is 33.3 Å². The summed E-state index contributed by atoms with van der Waals surface area (Å²) in [5.41, 5.74) is 5.96. The quantitative estimate of drug-likeness (QED) is 0.230. The number of nitrogens with one attached hydrogen (secondary N) is 4. The number of aryl methyl sites for hydroxylation is 2. The van der Waals surface area contributed by atoms with Gasteiger partial charge in [-0.1, -0.05) is 0 Å². The number of hydrogen-bond donors (Lipinski definition) is 5. The van der Waals surface area contributed by atoms with Crippen LogP contribution in [-0.2, 0) is 18.9 Å². The lowest BCUT2D eigenvalue weighted by atomic mass is 10.4. The molecule has 0 fully saturated rings. The van der Waals surface area contributed by atoms with Crippen molar-refractivity contribution in [3.05, 3.63) is 23.8 Å². The number of nitrogens with zero attached hydrogens (tertiary/aromatic N) is 4. The summed E-state index contributed by atoms with van der Waals surface area (Å²) >= 11 is 0. The van der Waals surface area contributed by atoms with E-state index >= 15 is 0 Å². The Bertz CT molecular complexity index is 852. The van der Waals surface area contributed by atoms with Crippen LogP contribution in [0, 0.1) is 5.41 Å². The summed E-state index contributed by atoms with van der Waals surface area (Å²) < 4.78 is 2.75. The van der Waals surface area contributed by atoms with Crippen LogP contribution in [0.5, 0.6) is 0 Å². The van der Waals surface area contributed by atoms with Gasteiger partial charge in [0.2, 0.25) is 18.2 Å². The fourth-order valence-electron chi connectivity index (χ4n) is 2.13. The van der Waals surface area contributed by atoms with Gasteiger partial charge >= 0.3 is 0 Å². The third-order valence-corrected chi connectivity index (χ3v) is 3.33. The van der Waals surface area contributed by atoms with E-state index < -0.39 is 11.8 Å². The van der Waals surface area contributed by atoms with Crippen molar-refractivity contribution in [2.75, 3.05) is 17.2 Å². The molecule has 2 heterocycles. The number of nitrogens with two attached hydrogens (primary N) is 1. The van der Waals surface area contributed by atoms with Gasteiger partial charge in [-0.25, -0.2) is 4.68 Å². The SMILES string of the molecule is Cn1cc(NC=O)cc1C(=O)Nc1nc(C(=O)NCCC(=N)N)n(C)n1. The number of carbonyl (C=O) groups is 3. The zero-order valence-electron chi connectivity index (χ0n) is 14.2. The highest BCUT2D eigenvalue weighted by Crippen LogP contribution is 2.13. The Labute approximate surface area is 148 Å². The van der Waals surface area contributed by atoms with Crippen molar-refractivity contribution in [1.29, 1.82) is 5.41 Å². The summed E-state index contributed by atoms with van der Waals surface area (Å²) in [7, 11) is 3.15. The summed E-state index contributed by atoms with van der Waals surface area (Å²) in [6, 6.07) is 1.49. The smallest absolute Gasteiger partial charge is 0.288 e. The van der Waals surface area contributed by atoms with Gasteiger partial charge in [-0.05, 0) is 6.07 Å². The van der Waals surface area contributed by atoms with Crippen molar-refractivity contribution in [1.82, 2.24) is 24.6 Å². The van der Waals surface area contributed by atoms with Gasteiger partial charge in [-0.3, -0.25) is 25.1 Å². The van der Waals surface area contributed by atoms with Crippen molar-refractivity contribution in [3.8, 4) is 0 Å². The molecule has 0 bridgehead atoms. The largest absolute Gasteiger partial charge is 0.388 e. The molecule has 0 atom stereocenters. The molecule has 0 radical (unpaired) electrons. The van der Waals surface area contributed by atoms with E-state index in [1.165, 1.54) is 22.4 Å². The number of anilines is 2. The minimum absolute atomic E-state index is 0.000885. The summed E-state index contributed by atoms with van der Waals surface area (Å²) in [6.45, 7) is 0.193. The average molecular weight is 361 g/mol. The van der Waals surface area contributed by atoms with Crippen molar-refractivity contribution < 1.29 is 14.4 Å². The number of amidine groups is 1. The first kappa shape index (κ1) is 18.6. The highest BCUT2D eigenvalue weighted by molar-refractivity contribution is 6.03. The summed E-state index contributed by atoms with van der Waals surface area (Å²) in [5, 5.41) is 18.6. The van der Waals surface area contributed by atoms with Gasteiger partial charge in [0.15, 0.2) is 0 Å². The lowest BCUT2D eigenvalue weighted by Gasteiger charge is -2.02. The predicted molar refractivity (Wildman–Crippen MR) is 92.9 cm³/mol. The van der Waals surface area contributed by atoms with Gasteiger partial charge in [-0.15, -0.1) is 5.10 Å². The summed E-state index contributed by atoms with van der Waals surface area (Å²) in [5.74, 6) is -1.08. The highest BCUT2D eigenvalue weighted by atomic mass is 16.2. The first-order valence-corrected chi connectivity index (χ1v) is 7.52. The van der Waals surface area contributed by atoms with Crippen molar-refractivity contribution in [3.63, 3.8) is 0 Å². The standard InChI is InChI=1S/C14H19N9O3/c1-22-6-8(18-7-24)5-9(22)12(25)20-14-19-11(23(2)21-14)13(26)17-4-3-10(15)16/h5-7H,3-4H2,1-2H3,(H3,15,16)(H,17,26)(H,18,24)(H,20,21,25). The highest BCUT2D eigenvalue weighted by Gasteiger charge is 2.18. The van der Waals surface area contributed by atoms with E-state index in [0.717, 1.165) is 0 Å². The molecule has 0 spiro atoms. The number of hydrogen-bond acceptors (Lipinski definition) is 6. The number of aromatic nitrogens is 4. The molecule has 26 heavy (non-hydrogen) atoms. The molecule has 12 heteroatoms. The summed E-state index contributed by atoms with van der Waals surface area (Å²) in [6.07, 6.45) is 2.30. The van der Waals surface area contributed by atoms with Crippen LogP contribution < -0.4 is 21.7 Å². The van der Waals surface area contributed by atoms with E-state index in [2.05, 4.69) is 26.0 Å². The molecule has 6 N–H and O–H groups in total. The summed E-state index contributed by atoms with van der Waals surface area (Å²) in [4.78, 5) is 38.8. The molecule has 0 unspecified atom stereocenters. The molecule has 0 aliphatic rings. The van der Waals surface area contributed by atoms with Gasteiger partial charge in [0.05, 0.1) is 11.5 Å². The first-order chi connectivity index (χ1) is 12.3. The fraction of sp³-hybridized carbons (Fsp3) is 0.286. The van der Waals surface area contributed by atoms with Crippen LogP contribution in [0.4, 0.5) is 11.6 Å². The van der Waals surface area contributed by atoms with Gasteiger partial charge in [-0.2, -0.15) is 4.98 Å². The van der Waals surface area contributed by atoms with Crippen LogP contribution in [0.3, 0.4) is 0 Å². The molecular formula is C14H19N9O3. The normalized spacial score (nSPS) is 10.2. The Morgan fingerprint density at radius 2 is 2.08 bits per heavy atom. The minimum atomic E-state index is -0.502. The van der Waals surface area contributed by atoms with Gasteiger partial charge < -0.3 is 20.9 Å². The average Bonchev–Trinajstić information content (AvgIpc) is 3.10. The van der Waals surface area contributed by atoms with Crippen LogP contribution in [-0.4, -0.2) is 49.9 Å². The third-order valence-electron chi connectivity index (χ3n) is 3.33. The maximum absolute atomic E-state index is 12.3. The first-order valence-electron chi connectivity index (χ1n) is 7.52. The van der Waals surface area contributed by atoms with Gasteiger partial charge in [0.25, 0.3) is 11.8 Å². The van der Waals surface area contributed by atoms with Crippen LogP contribution in [0.2, 0.25) is 0 Å². The lowest BCUT2D eigenvalue weighted by molar-refractivity contribution is -0.105. The maximum Gasteiger partial charge on any atom is 0.288 e. The second kappa shape index (κ2) is 7.92. The fourth-order valence-corrected chi connectivity index (χ4v) is 2.13. The van der Waals surface area contributed by atoms with E-state index in [-0.39, 0.29) is 36.3 Å². The molecule has 0 aromatic carbocycles. The van der Waals surface area contributed by atoms with Crippen molar-refractivity contribution >= 4 is 35.7 Å². The third kappa shape index (κ3) is 4.43. The molecule has 0 saturated carbocycles. The van der Waals surface area contributed by atoms with E-state index in [1.54, 1.807) is 13.2 Å². The topological polar surface area (TPSA) is 173 Å². The van der Waals surface area contributed by atoms with Crippen LogP contribution >= 0.6 is 0 Å². The molecule has 2 aromatic heterocycles. The molecule has 0 aliphatic carbocycles. The minimum Gasteiger partial charge on any atom is -0.388 e. The molecule has 0 aliphatic heterocycles. The molecule has 3 amide bonds. The van der Waals surface area contributed by atoms with Crippen molar-refractivity contribution in [2.45, 2.75) is 6.42 Å². The molecule has 138 valence electrons. The zero-order chi connectivity index (χ0) is 19.3. The molecule has 2 aromatic rings. The van der Waals surface area contributed by atoms with E-state index in [9.17, 15) is 14.4 Å². The Balaban J connectivity index is 2.06. The monoisotopic (exact) mass is 361 g/mol. The van der Waals surface area contributed by atoms with Crippen LogP contribution in [0.25, 0.3) is 0 Å². The lowest BCUT2D eigenvalue weighted by Crippen LogP contribution is -2.29. The Morgan fingerprint density at radius 1 is 1.35 bits per heavy atom. The van der Waals surface area contributed by atoms with Crippen LogP contribution in [0.1, 0.15) is 27.5 Å². The predicted octanol–water partition coefficient (Wildman–Crippen LogP) is -0.970. The van der Waals surface area contributed by atoms with E-state index in [4.69, 9.17) is 11.1 Å². The van der Waals surface area contributed by atoms with Gasteiger partial charge in [0.1, 0.15) is 5.69 Å². The maximum atomic E-state index is 12.3. The number of rotatable bonds is 8. The molecule has 2 rings (SSSR count). The number of carbonyl (C=O) groups excluding carboxylic acids is 3. The van der Waals surface area contributed by atoms with E-state index in [1.807, 2.05) is 0 Å². The zero-order valence-corrected chi connectivity index (χ0v) is 14.2. The molecule has 0 saturated heterocycles. The second-order valence-electron chi connectivity index (χ2n) is 5.36. The molecule has 12 nitrogen and oxygen atoms in total. The number of amides is 3.